The summed E-state index contributed by atoms with van der Waals surface area (Å²) in [6.45, 7) is 5.20. The van der Waals surface area contributed by atoms with E-state index in [4.69, 9.17) is 4.74 Å². The molecule has 1 aliphatic heterocycles. The van der Waals surface area contributed by atoms with Crippen molar-refractivity contribution in [3.8, 4) is 0 Å². The fourth-order valence-electron chi connectivity index (χ4n) is 1.35. The van der Waals surface area contributed by atoms with Crippen molar-refractivity contribution >= 4 is 11.8 Å². The number of rotatable bonds is 3. The minimum Gasteiger partial charge on any atom is -0.501 e. The first-order valence-electron chi connectivity index (χ1n) is 4.57. The topological polar surface area (TPSA) is 9.23 Å². The summed E-state index contributed by atoms with van der Waals surface area (Å²) in [6, 6.07) is 0. The van der Waals surface area contributed by atoms with E-state index >= 15 is 0 Å². The number of thioether (sulfide) groups is 1. The van der Waals surface area contributed by atoms with Crippen LogP contribution in [0.15, 0.2) is 12.3 Å². The molecular formula is C10H18OS. The standard InChI is InChI=1S/C10H18OS/c1-3-6-11-9-10(2)4-7-12-8-5-10/h3,6H,4-5,7-9H2,1-2H3/b6-3+. The van der Waals surface area contributed by atoms with Crippen LogP contribution in [0.5, 0.6) is 0 Å². The molecule has 0 bridgehead atoms. The lowest BCUT2D eigenvalue weighted by Gasteiger charge is -2.32. The van der Waals surface area contributed by atoms with Gasteiger partial charge in [0, 0.05) is 5.41 Å². The SMILES string of the molecule is C/C=C/OCC1(C)CCSCC1. The highest BCUT2D eigenvalue weighted by Crippen LogP contribution is 2.34. The molecule has 0 spiro atoms. The van der Waals surface area contributed by atoms with Gasteiger partial charge in [-0.05, 0) is 31.3 Å². The molecule has 12 heavy (non-hydrogen) atoms. The van der Waals surface area contributed by atoms with Crippen LogP contribution in [0.25, 0.3) is 0 Å². The van der Waals surface area contributed by atoms with Crippen molar-refractivity contribution in [3.63, 3.8) is 0 Å². The van der Waals surface area contributed by atoms with Crippen LogP contribution in [0.3, 0.4) is 0 Å². The Morgan fingerprint density at radius 2 is 2.08 bits per heavy atom. The van der Waals surface area contributed by atoms with Gasteiger partial charge in [-0.15, -0.1) is 0 Å². The molecule has 1 nitrogen and oxygen atoms in total. The largest absolute Gasteiger partial charge is 0.501 e. The molecule has 0 aliphatic carbocycles. The molecule has 1 aliphatic rings. The van der Waals surface area contributed by atoms with Gasteiger partial charge in [0.15, 0.2) is 0 Å². The lowest BCUT2D eigenvalue weighted by Crippen LogP contribution is -2.27. The van der Waals surface area contributed by atoms with Crippen molar-refractivity contribution in [1.29, 1.82) is 0 Å². The zero-order valence-electron chi connectivity index (χ0n) is 8.01. The fraction of sp³-hybridized carbons (Fsp3) is 0.800. The van der Waals surface area contributed by atoms with Crippen LogP contribution in [0.1, 0.15) is 26.7 Å². The lowest BCUT2D eigenvalue weighted by molar-refractivity contribution is 0.114. The molecule has 0 amide bonds. The van der Waals surface area contributed by atoms with E-state index < -0.39 is 0 Å². The zero-order chi connectivity index (χ0) is 8.86. The quantitative estimate of drug-likeness (QED) is 0.626. The monoisotopic (exact) mass is 186 g/mol. The van der Waals surface area contributed by atoms with Crippen molar-refractivity contribution in [2.45, 2.75) is 26.7 Å². The van der Waals surface area contributed by atoms with E-state index in [-0.39, 0.29) is 0 Å². The highest BCUT2D eigenvalue weighted by Gasteiger charge is 2.27. The summed E-state index contributed by atoms with van der Waals surface area (Å²) in [6.07, 6.45) is 6.35. The number of ether oxygens (including phenoxy) is 1. The van der Waals surface area contributed by atoms with E-state index in [0.717, 1.165) is 6.61 Å². The summed E-state index contributed by atoms with van der Waals surface area (Å²) in [5.41, 5.74) is 0.435. The number of hydrogen-bond donors (Lipinski definition) is 0. The molecule has 1 rings (SSSR count). The Bertz CT molecular complexity index is 148. The summed E-state index contributed by atoms with van der Waals surface area (Å²) in [7, 11) is 0. The Morgan fingerprint density at radius 3 is 2.67 bits per heavy atom. The Kier molecular flexibility index (Phi) is 3.99. The van der Waals surface area contributed by atoms with Crippen molar-refractivity contribution in [3.05, 3.63) is 12.3 Å². The van der Waals surface area contributed by atoms with E-state index in [9.17, 15) is 0 Å². The molecule has 1 saturated heterocycles. The second-order valence-corrected chi connectivity index (χ2v) is 4.93. The normalized spacial score (nSPS) is 22.8. The van der Waals surface area contributed by atoms with Crippen molar-refractivity contribution in [2.75, 3.05) is 18.1 Å². The van der Waals surface area contributed by atoms with Gasteiger partial charge < -0.3 is 4.74 Å². The average Bonchev–Trinajstić information content (AvgIpc) is 2.06. The third kappa shape index (κ3) is 3.10. The molecule has 0 saturated carbocycles. The van der Waals surface area contributed by atoms with Crippen LogP contribution in [-0.4, -0.2) is 18.1 Å². The highest BCUT2D eigenvalue weighted by molar-refractivity contribution is 7.99. The maximum absolute atomic E-state index is 5.44. The first kappa shape index (κ1) is 9.97. The zero-order valence-corrected chi connectivity index (χ0v) is 8.82. The first-order valence-corrected chi connectivity index (χ1v) is 5.73. The summed E-state index contributed by atoms with van der Waals surface area (Å²) >= 11 is 2.06. The third-order valence-corrected chi connectivity index (χ3v) is 3.35. The second-order valence-electron chi connectivity index (χ2n) is 3.70. The van der Waals surface area contributed by atoms with Gasteiger partial charge >= 0.3 is 0 Å². The molecular weight excluding hydrogens is 168 g/mol. The number of allylic oxidation sites excluding steroid dienone is 1. The lowest BCUT2D eigenvalue weighted by atomic mass is 9.85. The molecule has 0 atom stereocenters. The Morgan fingerprint density at radius 1 is 1.42 bits per heavy atom. The smallest absolute Gasteiger partial charge is 0.0927 e. The van der Waals surface area contributed by atoms with Gasteiger partial charge in [-0.3, -0.25) is 0 Å². The van der Waals surface area contributed by atoms with Crippen LogP contribution in [-0.2, 0) is 4.74 Å². The number of hydrogen-bond acceptors (Lipinski definition) is 2. The van der Waals surface area contributed by atoms with E-state index in [2.05, 4.69) is 18.7 Å². The van der Waals surface area contributed by atoms with Crippen LogP contribution in [0.2, 0.25) is 0 Å². The van der Waals surface area contributed by atoms with Crippen LogP contribution in [0.4, 0.5) is 0 Å². The molecule has 1 fully saturated rings. The Hall–Kier alpha value is -0.110. The van der Waals surface area contributed by atoms with Crippen LogP contribution < -0.4 is 0 Å². The highest BCUT2D eigenvalue weighted by atomic mass is 32.2. The summed E-state index contributed by atoms with van der Waals surface area (Å²) < 4.78 is 5.44. The van der Waals surface area contributed by atoms with Gasteiger partial charge in [0.1, 0.15) is 0 Å². The summed E-state index contributed by atoms with van der Waals surface area (Å²) in [5, 5.41) is 0. The van der Waals surface area contributed by atoms with E-state index in [1.165, 1.54) is 24.3 Å². The average molecular weight is 186 g/mol. The summed E-state index contributed by atoms with van der Waals surface area (Å²) in [4.78, 5) is 0. The predicted molar refractivity (Wildman–Crippen MR) is 55.4 cm³/mol. The van der Waals surface area contributed by atoms with Gasteiger partial charge in [0.25, 0.3) is 0 Å². The second kappa shape index (κ2) is 4.80. The van der Waals surface area contributed by atoms with Crippen LogP contribution in [0, 0.1) is 5.41 Å². The maximum atomic E-state index is 5.44. The van der Waals surface area contributed by atoms with E-state index in [1.807, 2.05) is 13.0 Å². The fourth-order valence-corrected chi connectivity index (χ4v) is 2.83. The summed E-state index contributed by atoms with van der Waals surface area (Å²) in [5.74, 6) is 2.60. The molecule has 0 N–H and O–H groups in total. The molecule has 1 heterocycles. The Labute approximate surface area is 79.6 Å². The molecule has 70 valence electrons. The minimum absolute atomic E-state index is 0.435. The van der Waals surface area contributed by atoms with Crippen molar-refractivity contribution < 1.29 is 4.74 Å². The van der Waals surface area contributed by atoms with Gasteiger partial charge in [0.2, 0.25) is 0 Å². The third-order valence-electron chi connectivity index (χ3n) is 2.36. The van der Waals surface area contributed by atoms with Gasteiger partial charge in [0.05, 0.1) is 12.9 Å². The molecule has 0 aromatic heterocycles. The van der Waals surface area contributed by atoms with Crippen LogP contribution >= 0.6 is 11.8 Å². The Balaban J connectivity index is 2.26. The van der Waals surface area contributed by atoms with Crippen molar-refractivity contribution in [2.24, 2.45) is 5.41 Å². The molecule has 0 radical (unpaired) electrons. The van der Waals surface area contributed by atoms with Gasteiger partial charge in [-0.1, -0.05) is 13.0 Å². The maximum Gasteiger partial charge on any atom is 0.0927 e. The van der Waals surface area contributed by atoms with Crippen molar-refractivity contribution in [1.82, 2.24) is 0 Å². The molecule has 0 aromatic rings. The van der Waals surface area contributed by atoms with Gasteiger partial charge in [-0.2, -0.15) is 11.8 Å². The molecule has 0 aromatic carbocycles. The van der Waals surface area contributed by atoms with E-state index in [0.29, 0.717) is 5.41 Å². The predicted octanol–water partition coefficient (Wildman–Crippen LogP) is 3.07. The first-order chi connectivity index (χ1) is 5.77. The molecule has 2 heteroatoms. The van der Waals surface area contributed by atoms with E-state index in [1.54, 1.807) is 6.26 Å². The van der Waals surface area contributed by atoms with Gasteiger partial charge in [-0.25, -0.2) is 0 Å². The minimum atomic E-state index is 0.435. The molecule has 0 unspecified atom stereocenters.